The van der Waals surface area contributed by atoms with Crippen LogP contribution in [0.5, 0.6) is 0 Å². The number of nitrogens with zero attached hydrogens (tertiary/aromatic N) is 1. The minimum Gasteiger partial charge on any atom is -0.256 e. The monoisotopic (exact) mass is 633 g/mol. The molecule has 1 heterocycles. The molecule has 0 aliphatic heterocycles. The highest BCUT2D eigenvalue weighted by atomic mass is 14.7. The molecule has 0 radical (unpaired) electrons. The van der Waals surface area contributed by atoms with Crippen LogP contribution in [0.15, 0.2) is 188 Å². The average Bonchev–Trinajstić information content (AvgIpc) is 3.19. The number of fused-ring (bicyclic) bond motifs is 5. The van der Waals surface area contributed by atoms with Crippen molar-refractivity contribution in [2.24, 2.45) is 0 Å². The molecule has 50 heavy (non-hydrogen) atoms. The molecule has 1 aromatic heterocycles. The van der Waals surface area contributed by atoms with Gasteiger partial charge in [-0.05, 0) is 118 Å². The van der Waals surface area contributed by atoms with E-state index in [1.165, 1.54) is 81.7 Å². The third kappa shape index (κ3) is 4.67. The first kappa shape index (κ1) is 28.4. The summed E-state index contributed by atoms with van der Waals surface area (Å²) in [7, 11) is 0. The second-order valence-corrected chi connectivity index (χ2v) is 13.1. The van der Waals surface area contributed by atoms with Gasteiger partial charge in [-0.25, -0.2) is 0 Å². The summed E-state index contributed by atoms with van der Waals surface area (Å²) >= 11 is 0. The van der Waals surface area contributed by atoms with E-state index in [0.717, 1.165) is 16.8 Å². The van der Waals surface area contributed by atoms with Crippen molar-refractivity contribution in [3.05, 3.63) is 188 Å². The van der Waals surface area contributed by atoms with Gasteiger partial charge < -0.3 is 0 Å². The van der Waals surface area contributed by atoms with Gasteiger partial charge in [0.05, 0.1) is 5.69 Å². The van der Waals surface area contributed by atoms with Crippen LogP contribution in [0, 0.1) is 0 Å². The summed E-state index contributed by atoms with van der Waals surface area (Å²) in [5.74, 6) is 0. The molecule has 232 valence electrons. The summed E-state index contributed by atoms with van der Waals surface area (Å²) in [4.78, 5) is 4.94. The van der Waals surface area contributed by atoms with Crippen LogP contribution in [0.2, 0.25) is 0 Å². The van der Waals surface area contributed by atoms with Gasteiger partial charge in [-0.3, -0.25) is 4.98 Å². The number of benzene rings is 9. The molecular weight excluding hydrogens is 603 g/mol. The maximum atomic E-state index is 4.94. The molecule has 1 heteroatoms. The van der Waals surface area contributed by atoms with Crippen molar-refractivity contribution >= 4 is 53.9 Å². The maximum absolute atomic E-state index is 4.94. The fourth-order valence-electron chi connectivity index (χ4n) is 7.88. The van der Waals surface area contributed by atoms with Crippen molar-refractivity contribution in [1.29, 1.82) is 0 Å². The highest BCUT2D eigenvalue weighted by molar-refractivity contribution is 6.22. The SMILES string of the molecule is c1ccc2cc(-c3c4ccccc4c(-c4ccc5ccccc5c4)c4cc(-c5cc(-c6cccc7ccccc67)ccn5)ccc34)ccc2c1. The first-order valence-electron chi connectivity index (χ1n) is 17.2. The Morgan fingerprint density at radius 2 is 0.800 bits per heavy atom. The van der Waals surface area contributed by atoms with Crippen molar-refractivity contribution in [3.63, 3.8) is 0 Å². The number of pyridine rings is 1. The van der Waals surface area contributed by atoms with E-state index >= 15 is 0 Å². The summed E-state index contributed by atoms with van der Waals surface area (Å²) < 4.78 is 0. The molecule has 10 rings (SSSR count). The van der Waals surface area contributed by atoms with E-state index in [0.29, 0.717) is 0 Å². The van der Waals surface area contributed by atoms with Gasteiger partial charge in [-0.2, -0.15) is 0 Å². The summed E-state index contributed by atoms with van der Waals surface area (Å²) in [6.45, 7) is 0. The van der Waals surface area contributed by atoms with Crippen LogP contribution in [0.3, 0.4) is 0 Å². The zero-order valence-electron chi connectivity index (χ0n) is 27.3. The zero-order valence-corrected chi connectivity index (χ0v) is 27.3. The smallest absolute Gasteiger partial charge is 0.0708 e. The van der Waals surface area contributed by atoms with Gasteiger partial charge in [-0.1, -0.05) is 152 Å². The second-order valence-electron chi connectivity index (χ2n) is 13.1. The molecule has 0 aliphatic rings. The number of rotatable bonds is 4. The summed E-state index contributed by atoms with van der Waals surface area (Å²) in [5, 5.41) is 12.4. The summed E-state index contributed by atoms with van der Waals surface area (Å²) in [6, 6.07) is 66.3. The van der Waals surface area contributed by atoms with Crippen LogP contribution in [0.25, 0.3) is 98.5 Å². The lowest BCUT2D eigenvalue weighted by Gasteiger charge is -2.19. The molecule has 0 amide bonds. The second kappa shape index (κ2) is 11.5. The molecule has 0 aliphatic carbocycles. The third-order valence-electron chi connectivity index (χ3n) is 10.3. The summed E-state index contributed by atoms with van der Waals surface area (Å²) in [6.07, 6.45) is 1.95. The van der Waals surface area contributed by atoms with Crippen molar-refractivity contribution in [3.8, 4) is 44.6 Å². The Hall–Kier alpha value is -6.57. The molecule has 10 aromatic rings. The first-order valence-corrected chi connectivity index (χ1v) is 17.2. The van der Waals surface area contributed by atoms with E-state index in [1.54, 1.807) is 0 Å². The van der Waals surface area contributed by atoms with E-state index in [2.05, 4.69) is 182 Å². The van der Waals surface area contributed by atoms with Gasteiger partial charge in [0.1, 0.15) is 0 Å². The Balaban J connectivity index is 1.26. The molecule has 0 N–H and O–H groups in total. The minimum absolute atomic E-state index is 0.960. The van der Waals surface area contributed by atoms with E-state index in [9.17, 15) is 0 Å². The lowest BCUT2D eigenvalue weighted by Crippen LogP contribution is -1.93. The number of hydrogen-bond acceptors (Lipinski definition) is 1. The van der Waals surface area contributed by atoms with Gasteiger partial charge in [0.25, 0.3) is 0 Å². The fraction of sp³-hybridized carbons (Fsp3) is 0. The lowest BCUT2D eigenvalue weighted by molar-refractivity contribution is 1.33. The Kier molecular flexibility index (Phi) is 6.57. The van der Waals surface area contributed by atoms with Crippen LogP contribution < -0.4 is 0 Å². The molecule has 0 saturated carbocycles. The first-order chi connectivity index (χ1) is 24.8. The Morgan fingerprint density at radius 1 is 0.280 bits per heavy atom. The fourth-order valence-corrected chi connectivity index (χ4v) is 7.88. The number of aromatic nitrogens is 1. The third-order valence-corrected chi connectivity index (χ3v) is 10.3. The normalized spacial score (nSPS) is 11.6. The minimum atomic E-state index is 0.960. The van der Waals surface area contributed by atoms with Gasteiger partial charge in [-0.15, -0.1) is 0 Å². The summed E-state index contributed by atoms with van der Waals surface area (Å²) in [5.41, 5.74) is 9.38. The molecule has 0 bridgehead atoms. The van der Waals surface area contributed by atoms with Crippen molar-refractivity contribution in [2.45, 2.75) is 0 Å². The molecule has 0 fully saturated rings. The van der Waals surface area contributed by atoms with Crippen LogP contribution >= 0.6 is 0 Å². The molecule has 9 aromatic carbocycles. The van der Waals surface area contributed by atoms with Gasteiger partial charge in [0, 0.05) is 11.8 Å². The Bertz CT molecular complexity index is 2930. The molecule has 0 spiro atoms. The van der Waals surface area contributed by atoms with Gasteiger partial charge in [0.2, 0.25) is 0 Å². The molecule has 0 saturated heterocycles. The lowest BCUT2D eigenvalue weighted by atomic mass is 9.84. The Morgan fingerprint density at radius 3 is 1.48 bits per heavy atom. The Labute approximate surface area is 290 Å². The van der Waals surface area contributed by atoms with Crippen LogP contribution in [0.4, 0.5) is 0 Å². The predicted octanol–water partition coefficient (Wildman–Crippen LogP) is 13.5. The van der Waals surface area contributed by atoms with Crippen LogP contribution in [-0.2, 0) is 0 Å². The van der Waals surface area contributed by atoms with Crippen molar-refractivity contribution < 1.29 is 0 Å². The van der Waals surface area contributed by atoms with Gasteiger partial charge in [0.15, 0.2) is 0 Å². The van der Waals surface area contributed by atoms with E-state index in [-0.39, 0.29) is 0 Å². The topological polar surface area (TPSA) is 12.9 Å². The van der Waals surface area contributed by atoms with E-state index < -0.39 is 0 Å². The maximum Gasteiger partial charge on any atom is 0.0708 e. The largest absolute Gasteiger partial charge is 0.256 e. The van der Waals surface area contributed by atoms with Crippen molar-refractivity contribution in [2.75, 3.05) is 0 Å². The molecule has 1 nitrogen and oxygen atoms in total. The van der Waals surface area contributed by atoms with Crippen LogP contribution in [-0.4, -0.2) is 4.98 Å². The van der Waals surface area contributed by atoms with E-state index in [1.807, 2.05) is 6.20 Å². The molecular formula is C49H31N. The average molecular weight is 634 g/mol. The quantitative estimate of drug-likeness (QED) is 0.176. The van der Waals surface area contributed by atoms with Crippen molar-refractivity contribution in [1.82, 2.24) is 4.98 Å². The highest BCUT2D eigenvalue weighted by Gasteiger charge is 2.18. The molecule has 0 atom stereocenters. The highest BCUT2D eigenvalue weighted by Crippen LogP contribution is 2.46. The van der Waals surface area contributed by atoms with Crippen LogP contribution in [0.1, 0.15) is 0 Å². The predicted molar refractivity (Wildman–Crippen MR) is 214 cm³/mol. The number of hydrogen-bond donors (Lipinski definition) is 0. The standard InChI is InChI=1S/C49H31N/c1-3-13-35-28-39(22-20-32(35)10-1)48-43-17-7-8-18-44(43)49(40-23-21-33-11-2-4-14-36(33)29-40)46-30-38(24-25-45(46)48)47-31-37(26-27-50-47)42-19-9-15-34-12-5-6-16-41(34)42/h1-31H. The van der Waals surface area contributed by atoms with E-state index in [4.69, 9.17) is 4.98 Å². The zero-order chi connectivity index (χ0) is 33.0. The van der Waals surface area contributed by atoms with Gasteiger partial charge >= 0.3 is 0 Å². The molecule has 0 unspecified atom stereocenters.